The number of halogens is 2. The second kappa shape index (κ2) is 6.99. The lowest BCUT2D eigenvalue weighted by Crippen LogP contribution is -2.42. The van der Waals surface area contributed by atoms with Crippen LogP contribution in [0.5, 0.6) is 0 Å². The molecule has 0 aromatic rings. The Kier molecular flexibility index (Phi) is 5.89. The Balaban J connectivity index is 2.40. The number of carboxylic acids is 1. The van der Waals surface area contributed by atoms with E-state index in [0.717, 1.165) is 25.7 Å². The third kappa shape index (κ3) is 5.84. The van der Waals surface area contributed by atoms with Crippen LogP contribution in [0.2, 0.25) is 0 Å². The van der Waals surface area contributed by atoms with Crippen LogP contribution in [0.3, 0.4) is 0 Å². The Bertz CT molecular complexity index is 348. The maximum atomic E-state index is 12.2. The zero-order valence-electron chi connectivity index (χ0n) is 12.0. The van der Waals surface area contributed by atoms with Crippen molar-refractivity contribution in [2.45, 2.75) is 64.8 Å². The molecule has 1 rings (SSSR count). The van der Waals surface area contributed by atoms with Crippen LogP contribution in [0, 0.1) is 11.3 Å². The molecule has 116 valence electrons. The number of amides is 1. The highest BCUT2D eigenvalue weighted by atomic mass is 19.3. The van der Waals surface area contributed by atoms with E-state index < -0.39 is 30.8 Å². The molecule has 1 amide bonds. The minimum atomic E-state index is -2.74. The van der Waals surface area contributed by atoms with Gasteiger partial charge in [-0.1, -0.05) is 13.8 Å². The van der Waals surface area contributed by atoms with Crippen LogP contribution in [-0.2, 0) is 9.59 Å². The van der Waals surface area contributed by atoms with Crippen LogP contribution in [0.4, 0.5) is 8.78 Å². The normalized spacial score (nSPS) is 20.6. The van der Waals surface area contributed by atoms with E-state index in [1.807, 2.05) is 0 Å². The van der Waals surface area contributed by atoms with E-state index in [9.17, 15) is 18.4 Å². The Morgan fingerprint density at radius 1 is 1.30 bits per heavy atom. The van der Waals surface area contributed by atoms with Crippen LogP contribution >= 0.6 is 0 Å². The van der Waals surface area contributed by atoms with Crippen LogP contribution < -0.4 is 5.32 Å². The average Bonchev–Trinajstić information content (AvgIpc) is 2.30. The highest BCUT2D eigenvalue weighted by Gasteiger charge is 2.29. The van der Waals surface area contributed by atoms with Gasteiger partial charge in [0.05, 0.1) is 0 Å². The topological polar surface area (TPSA) is 66.4 Å². The molecule has 1 saturated carbocycles. The van der Waals surface area contributed by atoms with Gasteiger partial charge in [-0.3, -0.25) is 4.79 Å². The van der Waals surface area contributed by atoms with Gasteiger partial charge >= 0.3 is 5.97 Å². The van der Waals surface area contributed by atoms with Gasteiger partial charge in [0, 0.05) is 12.8 Å². The first-order valence-electron chi connectivity index (χ1n) is 7.00. The number of nitrogens with one attached hydrogen (secondary N) is 1. The first-order chi connectivity index (χ1) is 9.19. The van der Waals surface area contributed by atoms with Crippen molar-refractivity contribution in [1.82, 2.24) is 5.32 Å². The zero-order chi connectivity index (χ0) is 15.3. The maximum Gasteiger partial charge on any atom is 0.326 e. The summed E-state index contributed by atoms with van der Waals surface area (Å²) in [6.07, 6.45) is 0.545. The molecule has 1 atom stereocenters. The van der Waals surface area contributed by atoms with Crippen LogP contribution in [-0.4, -0.2) is 29.5 Å². The molecule has 1 fully saturated rings. The summed E-state index contributed by atoms with van der Waals surface area (Å²) in [5, 5.41) is 11.0. The molecular weight excluding hydrogens is 268 g/mol. The lowest BCUT2D eigenvalue weighted by molar-refractivity contribution is -0.143. The molecule has 0 aromatic carbocycles. The van der Waals surface area contributed by atoms with Crippen LogP contribution in [0.1, 0.15) is 52.4 Å². The quantitative estimate of drug-likeness (QED) is 0.791. The van der Waals surface area contributed by atoms with Crippen LogP contribution in [0.25, 0.3) is 0 Å². The molecule has 0 aromatic heterocycles. The molecule has 0 radical (unpaired) electrons. The number of rotatable bonds is 6. The summed E-state index contributed by atoms with van der Waals surface area (Å²) in [7, 11) is 0. The van der Waals surface area contributed by atoms with Gasteiger partial charge in [-0.05, 0) is 37.0 Å². The van der Waals surface area contributed by atoms with Crippen molar-refractivity contribution in [2.75, 3.05) is 0 Å². The molecule has 0 spiro atoms. The molecule has 1 aliphatic carbocycles. The Labute approximate surface area is 117 Å². The predicted octanol–water partition coefficient (Wildman–Crippen LogP) is 2.82. The second-order valence-electron chi connectivity index (χ2n) is 6.40. The fourth-order valence-corrected chi connectivity index (χ4v) is 2.58. The lowest BCUT2D eigenvalue weighted by Gasteiger charge is -2.34. The van der Waals surface area contributed by atoms with E-state index in [2.05, 4.69) is 19.2 Å². The van der Waals surface area contributed by atoms with E-state index in [0.29, 0.717) is 5.41 Å². The summed E-state index contributed by atoms with van der Waals surface area (Å²) in [4.78, 5) is 22.5. The van der Waals surface area contributed by atoms with Crippen molar-refractivity contribution >= 4 is 11.9 Å². The minimum Gasteiger partial charge on any atom is -0.480 e. The monoisotopic (exact) mass is 291 g/mol. The highest BCUT2D eigenvalue weighted by Crippen LogP contribution is 2.39. The van der Waals surface area contributed by atoms with Crippen molar-refractivity contribution in [1.29, 1.82) is 0 Å². The Hall–Kier alpha value is -1.20. The Morgan fingerprint density at radius 3 is 2.30 bits per heavy atom. The molecule has 2 N–H and O–H groups in total. The molecule has 4 nitrogen and oxygen atoms in total. The number of hydrogen-bond donors (Lipinski definition) is 2. The number of carbonyl (C=O) groups is 2. The number of alkyl halides is 2. The molecule has 1 aliphatic rings. The number of aliphatic carboxylic acids is 1. The zero-order valence-corrected chi connectivity index (χ0v) is 12.0. The van der Waals surface area contributed by atoms with Gasteiger partial charge in [0.25, 0.3) is 0 Å². The summed E-state index contributed by atoms with van der Waals surface area (Å²) >= 11 is 0. The number of carboxylic acid groups (broad SMARTS) is 1. The minimum absolute atomic E-state index is 0.225. The SMILES string of the molecule is CC1(C)CCC(CC(=O)NC(CC(F)F)C(=O)O)CC1. The van der Waals surface area contributed by atoms with E-state index in [1.165, 1.54) is 0 Å². The van der Waals surface area contributed by atoms with E-state index in [-0.39, 0.29) is 12.3 Å². The van der Waals surface area contributed by atoms with Crippen molar-refractivity contribution in [2.24, 2.45) is 11.3 Å². The fraction of sp³-hybridized carbons (Fsp3) is 0.857. The fourth-order valence-electron chi connectivity index (χ4n) is 2.58. The summed E-state index contributed by atoms with van der Waals surface area (Å²) in [5.74, 6) is -1.63. The largest absolute Gasteiger partial charge is 0.480 e. The summed E-state index contributed by atoms with van der Waals surface area (Å²) in [6.45, 7) is 4.37. The molecule has 0 bridgehead atoms. The van der Waals surface area contributed by atoms with Gasteiger partial charge < -0.3 is 10.4 Å². The number of carbonyl (C=O) groups excluding carboxylic acids is 1. The molecular formula is C14H23F2NO3. The van der Waals surface area contributed by atoms with Crippen molar-refractivity contribution in [3.8, 4) is 0 Å². The molecule has 1 unspecified atom stereocenters. The smallest absolute Gasteiger partial charge is 0.326 e. The third-order valence-electron chi connectivity index (χ3n) is 3.98. The van der Waals surface area contributed by atoms with Gasteiger partial charge in [-0.15, -0.1) is 0 Å². The molecule has 0 heterocycles. The summed E-state index contributed by atoms with van der Waals surface area (Å²) < 4.78 is 24.4. The van der Waals surface area contributed by atoms with Crippen molar-refractivity contribution in [3.63, 3.8) is 0 Å². The second-order valence-corrected chi connectivity index (χ2v) is 6.40. The van der Waals surface area contributed by atoms with E-state index in [4.69, 9.17) is 5.11 Å². The van der Waals surface area contributed by atoms with E-state index >= 15 is 0 Å². The van der Waals surface area contributed by atoms with Gasteiger partial charge in [0.15, 0.2) is 0 Å². The maximum absolute atomic E-state index is 12.2. The first kappa shape index (κ1) is 16.9. The summed E-state index contributed by atoms with van der Waals surface area (Å²) in [5.41, 5.74) is 0.298. The predicted molar refractivity (Wildman–Crippen MR) is 70.5 cm³/mol. The van der Waals surface area contributed by atoms with Gasteiger partial charge in [-0.25, -0.2) is 13.6 Å². The molecule has 20 heavy (non-hydrogen) atoms. The molecule has 0 aliphatic heterocycles. The number of hydrogen-bond acceptors (Lipinski definition) is 2. The van der Waals surface area contributed by atoms with Crippen molar-refractivity contribution in [3.05, 3.63) is 0 Å². The molecule has 6 heteroatoms. The Morgan fingerprint density at radius 2 is 1.85 bits per heavy atom. The van der Waals surface area contributed by atoms with Crippen LogP contribution in [0.15, 0.2) is 0 Å². The van der Waals surface area contributed by atoms with Crippen molar-refractivity contribution < 1.29 is 23.5 Å². The third-order valence-corrected chi connectivity index (χ3v) is 3.98. The first-order valence-corrected chi connectivity index (χ1v) is 7.00. The highest BCUT2D eigenvalue weighted by molar-refractivity contribution is 5.83. The average molecular weight is 291 g/mol. The molecule has 0 saturated heterocycles. The summed E-state index contributed by atoms with van der Waals surface area (Å²) in [6, 6.07) is -1.50. The van der Waals surface area contributed by atoms with Gasteiger partial charge in [0.2, 0.25) is 12.3 Å². The lowest BCUT2D eigenvalue weighted by atomic mass is 9.72. The van der Waals surface area contributed by atoms with E-state index in [1.54, 1.807) is 0 Å². The standard InChI is InChI=1S/C14H23F2NO3/c1-14(2)5-3-9(4-6-14)7-12(18)17-10(13(19)20)8-11(15)16/h9-11H,3-8H2,1-2H3,(H,17,18)(H,19,20). The van der Waals surface area contributed by atoms with Gasteiger partial charge in [-0.2, -0.15) is 0 Å². The van der Waals surface area contributed by atoms with Gasteiger partial charge in [0.1, 0.15) is 6.04 Å².